The molecule has 114 valence electrons. The number of methoxy groups -OCH3 is 1. The Hall–Kier alpha value is -1.73. The largest absolute Gasteiger partial charge is 0.383 e. The Morgan fingerprint density at radius 1 is 1.52 bits per heavy atom. The summed E-state index contributed by atoms with van der Waals surface area (Å²) in [7, 11) is 1.62. The third-order valence-electron chi connectivity index (χ3n) is 3.02. The summed E-state index contributed by atoms with van der Waals surface area (Å²) in [6, 6.07) is 3.98. The zero-order chi connectivity index (χ0) is 15.2. The van der Waals surface area contributed by atoms with Gasteiger partial charge in [-0.15, -0.1) is 16.4 Å². The van der Waals surface area contributed by atoms with Gasteiger partial charge in [0.25, 0.3) is 5.91 Å². The number of carbonyl (C=O) groups is 1. The molecule has 0 spiro atoms. The van der Waals surface area contributed by atoms with Crippen LogP contribution in [0.5, 0.6) is 0 Å². The van der Waals surface area contributed by atoms with E-state index < -0.39 is 0 Å². The second-order valence-corrected chi connectivity index (χ2v) is 6.03. The van der Waals surface area contributed by atoms with Crippen molar-refractivity contribution in [3.05, 3.63) is 34.0 Å². The minimum atomic E-state index is -0.177. The van der Waals surface area contributed by atoms with E-state index in [4.69, 9.17) is 4.74 Å². The molecule has 2 aromatic heterocycles. The van der Waals surface area contributed by atoms with Crippen molar-refractivity contribution < 1.29 is 9.53 Å². The number of aromatic nitrogens is 3. The third-order valence-corrected chi connectivity index (χ3v) is 3.88. The lowest BCUT2D eigenvalue weighted by atomic mass is 10.2. The van der Waals surface area contributed by atoms with Gasteiger partial charge < -0.3 is 9.64 Å². The summed E-state index contributed by atoms with van der Waals surface area (Å²) >= 11 is 1.62. The average Bonchev–Trinajstić information content (AvgIpc) is 3.13. The Morgan fingerprint density at radius 2 is 2.33 bits per heavy atom. The van der Waals surface area contributed by atoms with E-state index in [2.05, 4.69) is 15.2 Å². The standard InChI is InChI=1S/C14H20N4O2S/c1-10(2)12-15-13(17-16-12)14(19)18(6-7-20-3)9-11-5-4-8-21-11/h4-5,8,10H,6-7,9H2,1-3H3,(H,15,16,17). The zero-order valence-corrected chi connectivity index (χ0v) is 13.3. The summed E-state index contributed by atoms with van der Waals surface area (Å²) < 4.78 is 5.08. The molecule has 0 aliphatic carbocycles. The maximum absolute atomic E-state index is 12.5. The van der Waals surface area contributed by atoms with Crippen molar-refractivity contribution in [1.29, 1.82) is 0 Å². The lowest BCUT2D eigenvalue weighted by molar-refractivity contribution is 0.0671. The van der Waals surface area contributed by atoms with Gasteiger partial charge in [-0.1, -0.05) is 19.9 Å². The van der Waals surface area contributed by atoms with Crippen LogP contribution < -0.4 is 0 Å². The SMILES string of the molecule is COCCN(Cc1cccs1)C(=O)c1n[nH]c(C(C)C)n1. The van der Waals surface area contributed by atoms with Crippen molar-refractivity contribution in [3.8, 4) is 0 Å². The van der Waals surface area contributed by atoms with Crippen molar-refractivity contribution in [2.45, 2.75) is 26.3 Å². The first-order chi connectivity index (χ1) is 10.1. The molecule has 2 rings (SSSR count). The molecule has 0 atom stereocenters. The van der Waals surface area contributed by atoms with Gasteiger partial charge in [0.2, 0.25) is 5.82 Å². The Labute approximate surface area is 128 Å². The summed E-state index contributed by atoms with van der Waals surface area (Å²) in [5.41, 5.74) is 0. The Balaban J connectivity index is 2.12. The topological polar surface area (TPSA) is 71.1 Å². The lowest BCUT2D eigenvalue weighted by Crippen LogP contribution is -2.34. The third kappa shape index (κ3) is 4.12. The fourth-order valence-electron chi connectivity index (χ4n) is 1.81. The highest BCUT2D eigenvalue weighted by Crippen LogP contribution is 2.14. The number of aromatic amines is 1. The van der Waals surface area contributed by atoms with E-state index >= 15 is 0 Å². The number of hydrogen-bond donors (Lipinski definition) is 1. The van der Waals surface area contributed by atoms with Crippen molar-refractivity contribution >= 4 is 17.2 Å². The second kappa shape index (κ2) is 7.33. The maximum Gasteiger partial charge on any atom is 0.293 e. The van der Waals surface area contributed by atoms with Crippen LogP contribution in [0.15, 0.2) is 17.5 Å². The monoisotopic (exact) mass is 308 g/mol. The Kier molecular flexibility index (Phi) is 5.46. The summed E-state index contributed by atoms with van der Waals surface area (Å²) in [4.78, 5) is 19.7. The fraction of sp³-hybridized carbons (Fsp3) is 0.500. The molecule has 7 heteroatoms. The van der Waals surface area contributed by atoms with Crippen LogP contribution in [0, 0.1) is 0 Å². The molecule has 2 heterocycles. The van der Waals surface area contributed by atoms with Gasteiger partial charge in [-0.05, 0) is 11.4 Å². The Bertz CT molecular complexity index is 565. The smallest absolute Gasteiger partial charge is 0.293 e. The molecule has 1 amide bonds. The van der Waals surface area contributed by atoms with Gasteiger partial charge in [-0.3, -0.25) is 9.89 Å². The van der Waals surface area contributed by atoms with Gasteiger partial charge in [-0.2, -0.15) is 0 Å². The van der Waals surface area contributed by atoms with Crippen LogP contribution in [0.1, 0.15) is 41.1 Å². The number of hydrogen-bond acceptors (Lipinski definition) is 5. The lowest BCUT2D eigenvalue weighted by Gasteiger charge is -2.20. The predicted molar refractivity (Wildman–Crippen MR) is 81.4 cm³/mol. The van der Waals surface area contributed by atoms with Crippen molar-refractivity contribution in [3.63, 3.8) is 0 Å². The van der Waals surface area contributed by atoms with Crippen LogP contribution in [0.3, 0.4) is 0 Å². The molecule has 0 radical (unpaired) electrons. The normalized spacial score (nSPS) is 11.0. The number of nitrogens with one attached hydrogen (secondary N) is 1. The first kappa shape index (κ1) is 15.7. The summed E-state index contributed by atoms with van der Waals surface area (Å²) in [6.07, 6.45) is 0. The van der Waals surface area contributed by atoms with Gasteiger partial charge in [0.15, 0.2) is 0 Å². The van der Waals surface area contributed by atoms with Crippen LogP contribution in [-0.2, 0) is 11.3 Å². The molecular weight excluding hydrogens is 288 g/mol. The van der Waals surface area contributed by atoms with E-state index in [1.807, 2.05) is 31.4 Å². The number of nitrogens with zero attached hydrogens (tertiary/aromatic N) is 3. The maximum atomic E-state index is 12.5. The van der Waals surface area contributed by atoms with Gasteiger partial charge in [0.05, 0.1) is 13.2 Å². The number of amides is 1. The minimum absolute atomic E-state index is 0.177. The number of rotatable bonds is 7. The van der Waals surface area contributed by atoms with Gasteiger partial charge in [-0.25, -0.2) is 4.98 Å². The van der Waals surface area contributed by atoms with Gasteiger partial charge in [0, 0.05) is 24.4 Å². The molecule has 6 nitrogen and oxygen atoms in total. The molecule has 2 aromatic rings. The van der Waals surface area contributed by atoms with E-state index in [9.17, 15) is 4.79 Å². The van der Waals surface area contributed by atoms with E-state index in [0.29, 0.717) is 19.7 Å². The molecule has 1 N–H and O–H groups in total. The van der Waals surface area contributed by atoms with Gasteiger partial charge in [0.1, 0.15) is 5.82 Å². The Morgan fingerprint density at radius 3 is 2.90 bits per heavy atom. The summed E-state index contributed by atoms with van der Waals surface area (Å²) in [6.45, 7) is 5.55. The number of ether oxygens (including phenoxy) is 1. The molecule has 0 aliphatic rings. The highest BCUT2D eigenvalue weighted by molar-refractivity contribution is 7.09. The molecule has 0 saturated carbocycles. The molecule has 0 bridgehead atoms. The van der Waals surface area contributed by atoms with E-state index in [0.717, 1.165) is 10.7 Å². The van der Waals surface area contributed by atoms with Crippen LogP contribution >= 0.6 is 11.3 Å². The number of thiophene rings is 1. The van der Waals surface area contributed by atoms with E-state index in [1.165, 1.54) is 0 Å². The fourth-order valence-corrected chi connectivity index (χ4v) is 2.53. The first-order valence-corrected chi connectivity index (χ1v) is 7.72. The van der Waals surface area contributed by atoms with Crippen molar-refractivity contribution in [2.24, 2.45) is 0 Å². The number of H-pyrrole nitrogens is 1. The second-order valence-electron chi connectivity index (χ2n) is 5.00. The highest BCUT2D eigenvalue weighted by Gasteiger charge is 2.21. The molecule has 0 unspecified atom stereocenters. The van der Waals surface area contributed by atoms with Crippen LogP contribution in [0.2, 0.25) is 0 Å². The average molecular weight is 308 g/mol. The van der Waals surface area contributed by atoms with Gasteiger partial charge >= 0.3 is 0 Å². The quantitative estimate of drug-likeness (QED) is 0.852. The molecule has 0 aromatic carbocycles. The zero-order valence-electron chi connectivity index (χ0n) is 12.5. The summed E-state index contributed by atoms with van der Waals surface area (Å²) in [5.74, 6) is 0.972. The summed E-state index contributed by atoms with van der Waals surface area (Å²) in [5, 5.41) is 8.85. The van der Waals surface area contributed by atoms with Crippen molar-refractivity contribution in [2.75, 3.05) is 20.3 Å². The first-order valence-electron chi connectivity index (χ1n) is 6.84. The molecular formula is C14H20N4O2S. The van der Waals surface area contributed by atoms with E-state index in [1.54, 1.807) is 23.3 Å². The predicted octanol–water partition coefficient (Wildman–Crippen LogP) is 2.28. The molecule has 21 heavy (non-hydrogen) atoms. The van der Waals surface area contributed by atoms with Crippen LogP contribution in [0.4, 0.5) is 0 Å². The van der Waals surface area contributed by atoms with Crippen molar-refractivity contribution in [1.82, 2.24) is 20.1 Å². The molecule has 0 aliphatic heterocycles. The van der Waals surface area contributed by atoms with E-state index in [-0.39, 0.29) is 17.6 Å². The molecule has 0 fully saturated rings. The highest BCUT2D eigenvalue weighted by atomic mass is 32.1. The van der Waals surface area contributed by atoms with Crippen LogP contribution in [-0.4, -0.2) is 46.2 Å². The molecule has 0 saturated heterocycles. The number of carbonyl (C=O) groups excluding carboxylic acids is 1. The van der Waals surface area contributed by atoms with Crippen LogP contribution in [0.25, 0.3) is 0 Å². The minimum Gasteiger partial charge on any atom is -0.383 e.